The number of ether oxygens (including phenoxy) is 4. The third-order valence-corrected chi connectivity index (χ3v) is 9.04. The molecular weight excluding hydrogens is 550 g/mol. The van der Waals surface area contributed by atoms with Crippen LogP contribution in [0.4, 0.5) is 0 Å². The number of quaternary nitrogens is 1. The number of hydrogen-bond donors (Lipinski definition) is 0. The van der Waals surface area contributed by atoms with Crippen molar-refractivity contribution in [3.05, 3.63) is 22.2 Å². The third-order valence-electron chi connectivity index (χ3n) is 8.30. The van der Waals surface area contributed by atoms with Crippen LogP contribution in [0.1, 0.15) is 50.6 Å². The predicted octanol–water partition coefficient (Wildman–Crippen LogP) is 2.30. The maximum atomic E-state index is 9.11. The summed E-state index contributed by atoms with van der Waals surface area (Å²) in [4.78, 5) is 0. The highest BCUT2D eigenvalue weighted by atomic mass is 79.9. The van der Waals surface area contributed by atoms with Gasteiger partial charge in [0.2, 0.25) is 0 Å². The van der Waals surface area contributed by atoms with Crippen molar-refractivity contribution < 1.29 is 45.9 Å². The number of rotatable bonds is 10. The number of nitrogens with zero attached hydrogens (tertiary/aromatic N) is 1. The van der Waals surface area contributed by atoms with Gasteiger partial charge in [-0.25, -0.2) is 0 Å². The first-order chi connectivity index (χ1) is 16.9. The largest absolute Gasteiger partial charge is 1.00 e. The first-order valence-corrected chi connectivity index (χ1v) is 12.7. The second-order valence-electron chi connectivity index (χ2n) is 10.2. The summed E-state index contributed by atoms with van der Waals surface area (Å²) in [5.41, 5.74) is 1.19. The molecule has 3 atom stereocenters. The van der Waals surface area contributed by atoms with E-state index in [-0.39, 0.29) is 34.6 Å². The fraction of sp³-hybridized carbons (Fsp3) is 0.769. The molecule has 0 aromatic heterocycles. The van der Waals surface area contributed by atoms with Gasteiger partial charge in [0.25, 0.3) is 0 Å². The second kappa shape index (κ2) is 11.6. The zero-order chi connectivity index (χ0) is 26.4. The average molecular weight is 595 g/mol. The van der Waals surface area contributed by atoms with Gasteiger partial charge in [0.05, 0.1) is 39.5 Å². The van der Waals surface area contributed by atoms with Crippen LogP contribution >= 0.6 is 15.9 Å². The Morgan fingerprint density at radius 2 is 1.85 bits per heavy atom. The molecule has 188 valence electrons. The molecule has 0 radical (unpaired) electrons. The summed E-state index contributed by atoms with van der Waals surface area (Å²) in [6.07, 6.45) is 4.46. The molecule has 5 nitrogen and oxygen atoms in total. The van der Waals surface area contributed by atoms with Gasteiger partial charge in [0.1, 0.15) is 26.1 Å². The Morgan fingerprint density at radius 3 is 2.48 bits per heavy atom. The maximum Gasteiger partial charge on any atom is 0.161 e. The Bertz CT molecular complexity index is 941. The molecule has 1 heterocycles. The molecule has 7 heteroatoms. The Morgan fingerprint density at radius 1 is 1.15 bits per heavy atom. The molecule has 0 spiro atoms. The molecule has 1 aromatic rings. The monoisotopic (exact) mass is 593 g/mol. The van der Waals surface area contributed by atoms with Gasteiger partial charge in [-0.1, -0.05) is 29.8 Å². The molecule has 3 unspecified atom stereocenters. The second-order valence-corrected chi connectivity index (χ2v) is 11.1. The van der Waals surface area contributed by atoms with Gasteiger partial charge in [0, 0.05) is 16.6 Å². The van der Waals surface area contributed by atoms with E-state index < -0.39 is 13.1 Å². The van der Waals surface area contributed by atoms with Crippen molar-refractivity contribution in [2.24, 2.45) is 23.2 Å². The summed E-state index contributed by atoms with van der Waals surface area (Å²) in [5, 5.41) is 0. The molecule has 3 saturated carbocycles. The van der Waals surface area contributed by atoms with Crippen LogP contribution in [0.25, 0.3) is 0 Å². The standard InChI is InChI=1S/C26H41BrNO4.BrH/c1-26(2)21-6-5-19(22(26)16-21)7-11-31-12-8-28(9-13-32-14-10-28)18-20-15-24(29-3)25(30-4)17-23(20)27;/h15,17,19,21-22H,5-14,16,18H2,1-4H3;1H/q+1;/p-1/i8D2,12D2;. The van der Waals surface area contributed by atoms with Gasteiger partial charge in [-0.05, 0) is 61.0 Å². The molecule has 1 saturated heterocycles. The lowest BCUT2D eigenvalue weighted by atomic mass is 9.45. The summed E-state index contributed by atoms with van der Waals surface area (Å²) < 4.78 is 58.6. The minimum atomic E-state index is -2.46. The minimum Gasteiger partial charge on any atom is -1.00 e. The van der Waals surface area contributed by atoms with Crippen LogP contribution in [0.15, 0.2) is 16.6 Å². The van der Waals surface area contributed by atoms with E-state index in [0.717, 1.165) is 22.4 Å². The fourth-order valence-corrected chi connectivity index (χ4v) is 6.49. The number of hydrogen-bond acceptors (Lipinski definition) is 4. The molecular formula is C26H41Br2NO4. The number of methoxy groups -OCH3 is 2. The van der Waals surface area contributed by atoms with Gasteiger partial charge in [-0.15, -0.1) is 0 Å². The van der Waals surface area contributed by atoms with E-state index in [1.54, 1.807) is 14.2 Å². The summed E-state index contributed by atoms with van der Waals surface area (Å²) >= 11 is 3.60. The van der Waals surface area contributed by atoms with Crippen molar-refractivity contribution in [3.63, 3.8) is 0 Å². The molecule has 3 aliphatic carbocycles. The first-order valence-electron chi connectivity index (χ1n) is 13.9. The predicted molar refractivity (Wildman–Crippen MR) is 130 cm³/mol. The van der Waals surface area contributed by atoms with Gasteiger partial charge >= 0.3 is 0 Å². The van der Waals surface area contributed by atoms with Crippen LogP contribution in [0.3, 0.4) is 0 Å². The van der Waals surface area contributed by atoms with Crippen LogP contribution in [0.5, 0.6) is 11.5 Å². The molecule has 0 amide bonds. The smallest absolute Gasteiger partial charge is 0.161 e. The number of morpholine rings is 1. The molecule has 5 rings (SSSR count). The molecule has 33 heavy (non-hydrogen) atoms. The van der Waals surface area contributed by atoms with E-state index in [0.29, 0.717) is 55.1 Å². The minimum absolute atomic E-state index is 0. The summed E-state index contributed by atoms with van der Waals surface area (Å²) in [6.45, 7) is 1.86. The quantitative estimate of drug-likeness (QED) is 0.390. The summed E-state index contributed by atoms with van der Waals surface area (Å²) in [7, 11) is 3.14. The van der Waals surface area contributed by atoms with Crippen molar-refractivity contribution in [3.8, 4) is 11.5 Å². The molecule has 4 fully saturated rings. The first kappa shape index (κ1) is 21.9. The van der Waals surface area contributed by atoms with Crippen LogP contribution in [0, 0.1) is 23.2 Å². The Labute approximate surface area is 224 Å². The SMILES string of the molecule is [2H]C([2H])(OCCC1CCC2CC1C2(C)C)C([2H])([2H])[N+]1(Cc2cc(OC)c(OC)cc2Br)CCOCC1.[Br-]. The van der Waals surface area contributed by atoms with E-state index in [1.807, 2.05) is 12.1 Å². The van der Waals surface area contributed by atoms with Crippen molar-refractivity contribution in [1.29, 1.82) is 0 Å². The zero-order valence-corrected chi connectivity index (χ0v) is 23.5. The lowest BCUT2D eigenvalue weighted by Crippen LogP contribution is -3.00. The topological polar surface area (TPSA) is 36.9 Å². The van der Waals surface area contributed by atoms with Crippen LogP contribution in [0.2, 0.25) is 0 Å². The van der Waals surface area contributed by atoms with Gasteiger partial charge in [0.15, 0.2) is 11.5 Å². The van der Waals surface area contributed by atoms with Crippen molar-refractivity contribution >= 4 is 15.9 Å². The molecule has 1 aliphatic heterocycles. The zero-order valence-electron chi connectivity index (χ0n) is 24.3. The Kier molecular flexibility index (Phi) is 7.70. The Hall–Kier alpha value is -0.340. The van der Waals surface area contributed by atoms with Crippen molar-refractivity contribution in [2.45, 2.75) is 46.1 Å². The number of benzene rings is 1. The number of halogens is 2. The van der Waals surface area contributed by atoms with E-state index in [9.17, 15) is 0 Å². The summed E-state index contributed by atoms with van der Waals surface area (Å²) in [5.74, 6) is 3.15. The van der Waals surface area contributed by atoms with E-state index in [4.69, 9.17) is 24.4 Å². The summed E-state index contributed by atoms with van der Waals surface area (Å²) in [6, 6.07) is 3.64. The van der Waals surface area contributed by atoms with E-state index >= 15 is 0 Å². The van der Waals surface area contributed by atoms with Crippen molar-refractivity contribution in [1.82, 2.24) is 0 Å². The third kappa shape index (κ3) is 5.91. The highest BCUT2D eigenvalue weighted by Crippen LogP contribution is 2.61. The van der Waals surface area contributed by atoms with Crippen LogP contribution < -0.4 is 26.5 Å². The lowest BCUT2D eigenvalue weighted by Gasteiger charge is -2.60. The van der Waals surface area contributed by atoms with E-state index in [1.165, 1.54) is 19.3 Å². The van der Waals surface area contributed by atoms with Gasteiger partial charge in [-0.3, -0.25) is 0 Å². The highest BCUT2D eigenvalue weighted by Gasteiger charge is 2.53. The maximum absolute atomic E-state index is 9.11. The Balaban J connectivity index is 0.00000380. The average Bonchev–Trinajstić information content (AvgIpc) is 2.85. The molecule has 1 aromatic carbocycles. The molecule has 2 bridgehead atoms. The fourth-order valence-electron chi connectivity index (χ4n) is 6.04. The van der Waals surface area contributed by atoms with Crippen LogP contribution in [-0.2, 0) is 16.0 Å². The van der Waals surface area contributed by atoms with Crippen LogP contribution in [-0.4, -0.2) is 64.7 Å². The molecule has 4 aliphatic rings. The van der Waals surface area contributed by atoms with Gasteiger partial charge < -0.3 is 40.4 Å². The van der Waals surface area contributed by atoms with Crippen molar-refractivity contribution in [2.75, 3.05) is 60.2 Å². The lowest BCUT2D eigenvalue weighted by molar-refractivity contribution is -0.947. The normalized spacial score (nSPS) is 29.9. The van der Waals surface area contributed by atoms with Gasteiger partial charge in [-0.2, -0.15) is 0 Å². The molecule has 0 N–H and O–H groups in total. The highest BCUT2D eigenvalue weighted by molar-refractivity contribution is 9.10. The number of fused-ring (bicyclic) bond motifs is 2. The van der Waals surface area contributed by atoms with E-state index in [2.05, 4.69) is 29.8 Å².